The van der Waals surface area contributed by atoms with Crippen LogP contribution in [0.15, 0.2) is 72.0 Å². The predicted octanol–water partition coefficient (Wildman–Crippen LogP) is 3.30. The summed E-state index contributed by atoms with van der Waals surface area (Å²) in [7, 11) is 1.70. The number of benzene rings is 2. The Morgan fingerprint density at radius 3 is 2.66 bits per heavy atom. The lowest BCUT2D eigenvalue weighted by Crippen LogP contribution is -2.43. The Kier molecular flexibility index (Phi) is 7.59. The quantitative estimate of drug-likeness (QED) is 0.374. The number of aliphatic imine (C=N–C) groups is 1. The molecule has 3 aromatic rings. The highest BCUT2D eigenvalue weighted by molar-refractivity contribution is 5.90. The molecule has 0 spiro atoms. The zero-order valence-corrected chi connectivity index (χ0v) is 18.6. The van der Waals surface area contributed by atoms with E-state index in [-0.39, 0.29) is 23.7 Å². The third-order valence-corrected chi connectivity index (χ3v) is 5.06. The molecule has 2 aromatic carbocycles. The van der Waals surface area contributed by atoms with Crippen LogP contribution >= 0.6 is 0 Å². The van der Waals surface area contributed by atoms with E-state index in [1.54, 1.807) is 42.3 Å². The fourth-order valence-corrected chi connectivity index (χ4v) is 3.22. The molecule has 0 saturated carbocycles. The van der Waals surface area contributed by atoms with E-state index in [0.29, 0.717) is 19.0 Å². The molecule has 7 nitrogen and oxygen atoms in total. The van der Waals surface area contributed by atoms with Crippen LogP contribution in [0.1, 0.15) is 25.0 Å². The largest absolute Gasteiger partial charge is 0.356 e. The molecule has 0 radical (unpaired) electrons. The Labute approximate surface area is 187 Å². The summed E-state index contributed by atoms with van der Waals surface area (Å²) in [5.41, 5.74) is 2.35. The van der Waals surface area contributed by atoms with E-state index in [4.69, 9.17) is 0 Å². The minimum atomic E-state index is -0.279. The zero-order valence-electron chi connectivity index (χ0n) is 18.6. The van der Waals surface area contributed by atoms with Gasteiger partial charge in [-0.15, -0.1) is 0 Å². The second-order valence-electron chi connectivity index (χ2n) is 8.13. The van der Waals surface area contributed by atoms with Gasteiger partial charge in [-0.05, 0) is 41.5 Å². The highest BCUT2D eigenvalue weighted by Crippen LogP contribution is 2.22. The van der Waals surface area contributed by atoms with Gasteiger partial charge < -0.3 is 16.0 Å². The maximum Gasteiger partial charge on any atom is 0.246 e. The average molecular weight is 437 g/mol. The summed E-state index contributed by atoms with van der Waals surface area (Å²) in [6, 6.07) is 16.1. The molecule has 0 aliphatic rings. The first-order valence-electron chi connectivity index (χ1n) is 10.4. The first-order valence-corrected chi connectivity index (χ1v) is 10.4. The van der Waals surface area contributed by atoms with Crippen molar-refractivity contribution in [2.24, 2.45) is 4.99 Å². The molecule has 8 heteroatoms. The van der Waals surface area contributed by atoms with E-state index in [2.05, 4.69) is 39.9 Å². The van der Waals surface area contributed by atoms with Crippen LogP contribution in [0.3, 0.4) is 0 Å². The maximum atomic E-state index is 13.6. The van der Waals surface area contributed by atoms with E-state index in [1.165, 1.54) is 6.07 Å². The van der Waals surface area contributed by atoms with Gasteiger partial charge in [-0.3, -0.25) is 14.5 Å². The third kappa shape index (κ3) is 6.66. The van der Waals surface area contributed by atoms with Crippen LogP contribution in [0.4, 0.5) is 10.1 Å². The molecular weight excluding hydrogens is 407 g/mol. The van der Waals surface area contributed by atoms with Gasteiger partial charge in [0.05, 0.1) is 0 Å². The highest BCUT2D eigenvalue weighted by atomic mass is 19.1. The Morgan fingerprint density at radius 1 is 1.12 bits per heavy atom. The molecule has 1 aromatic heterocycles. The van der Waals surface area contributed by atoms with Gasteiger partial charge >= 0.3 is 0 Å². The van der Waals surface area contributed by atoms with Crippen LogP contribution in [0.5, 0.6) is 0 Å². The van der Waals surface area contributed by atoms with E-state index in [9.17, 15) is 9.18 Å². The topological polar surface area (TPSA) is 83.3 Å². The van der Waals surface area contributed by atoms with Crippen molar-refractivity contribution in [3.63, 3.8) is 0 Å². The van der Waals surface area contributed by atoms with Gasteiger partial charge in [0.15, 0.2) is 5.96 Å². The number of halogens is 1. The molecule has 0 unspecified atom stereocenters. The zero-order chi connectivity index (χ0) is 23.0. The molecule has 3 rings (SSSR count). The third-order valence-electron chi connectivity index (χ3n) is 5.06. The second-order valence-corrected chi connectivity index (χ2v) is 8.13. The summed E-state index contributed by atoms with van der Waals surface area (Å²) in [5.74, 6) is 0.258. The van der Waals surface area contributed by atoms with E-state index in [0.717, 1.165) is 16.8 Å². The molecule has 0 saturated heterocycles. The number of hydrogen-bond donors (Lipinski definition) is 3. The maximum absolute atomic E-state index is 13.6. The van der Waals surface area contributed by atoms with E-state index in [1.807, 2.05) is 30.3 Å². The number of hydrogen-bond acceptors (Lipinski definition) is 3. The lowest BCUT2D eigenvalue weighted by atomic mass is 9.84. The number of aromatic nitrogens is 2. The van der Waals surface area contributed by atoms with Gasteiger partial charge in [0.1, 0.15) is 12.4 Å². The normalized spacial score (nSPS) is 11.8. The molecular formula is C24H29FN6O. The first kappa shape index (κ1) is 23.0. The number of amides is 1. The minimum absolute atomic E-state index is 0.143. The number of carbonyl (C=O) groups is 1. The number of anilines is 1. The van der Waals surface area contributed by atoms with Crippen molar-refractivity contribution in [1.29, 1.82) is 0 Å². The lowest BCUT2D eigenvalue weighted by Gasteiger charge is -2.27. The molecule has 1 heterocycles. The molecule has 168 valence electrons. The van der Waals surface area contributed by atoms with Crippen molar-refractivity contribution in [2.45, 2.75) is 32.4 Å². The fraction of sp³-hybridized carbons (Fsp3) is 0.292. The summed E-state index contributed by atoms with van der Waals surface area (Å²) in [4.78, 5) is 16.5. The summed E-state index contributed by atoms with van der Waals surface area (Å²) in [5, 5.41) is 13.5. The monoisotopic (exact) mass is 436 g/mol. The van der Waals surface area contributed by atoms with Crippen molar-refractivity contribution < 1.29 is 9.18 Å². The number of rotatable bonds is 8. The Hall–Kier alpha value is -3.68. The van der Waals surface area contributed by atoms with Crippen LogP contribution in [0, 0.1) is 5.82 Å². The number of nitrogens with one attached hydrogen (secondary N) is 3. The minimum Gasteiger partial charge on any atom is -0.356 e. The summed E-state index contributed by atoms with van der Waals surface area (Å²) in [6.45, 7) is 5.38. The van der Waals surface area contributed by atoms with Gasteiger partial charge in [0.2, 0.25) is 5.91 Å². The summed E-state index contributed by atoms with van der Waals surface area (Å²) >= 11 is 0. The molecule has 3 N–H and O–H groups in total. The first-order chi connectivity index (χ1) is 15.4. The number of guanidine groups is 1. The molecule has 1 amide bonds. The van der Waals surface area contributed by atoms with Gasteiger partial charge in [-0.1, -0.05) is 38.1 Å². The Bertz CT molecular complexity index is 1060. The number of carbonyl (C=O) groups excluding carboxylic acids is 1. The van der Waals surface area contributed by atoms with E-state index >= 15 is 0 Å². The molecule has 0 bridgehead atoms. The average Bonchev–Trinajstić information content (AvgIpc) is 3.27. The van der Waals surface area contributed by atoms with Crippen molar-refractivity contribution in [3.8, 4) is 0 Å². The highest BCUT2D eigenvalue weighted by Gasteiger charge is 2.21. The molecule has 32 heavy (non-hydrogen) atoms. The SMILES string of the molecule is CN=C(NCc1cccc(NC(=O)Cn2cccn2)c1)NCC(C)(C)c1cccc(F)c1. The predicted molar refractivity (Wildman–Crippen MR) is 125 cm³/mol. The molecule has 0 fully saturated rings. The summed E-state index contributed by atoms with van der Waals surface area (Å²) in [6.07, 6.45) is 3.38. The van der Waals surface area contributed by atoms with Crippen LogP contribution in [0.2, 0.25) is 0 Å². The van der Waals surface area contributed by atoms with Gasteiger partial charge in [-0.25, -0.2) is 4.39 Å². The molecule has 0 aliphatic heterocycles. The van der Waals surface area contributed by atoms with Gasteiger partial charge in [0, 0.05) is 43.6 Å². The van der Waals surface area contributed by atoms with Gasteiger partial charge in [0.25, 0.3) is 0 Å². The van der Waals surface area contributed by atoms with E-state index < -0.39 is 0 Å². The molecule has 0 aliphatic carbocycles. The standard InChI is InChI=1S/C24H29FN6O/c1-24(2,19-8-5-9-20(25)14-19)17-28-23(26-3)27-15-18-7-4-10-21(13-18)30-22(32)16-31-12-6-11-29-31/h4-14H,15-17H2,1-3H3,(H,30,32)(H2,26,27,28). The smallest absolute Gasteiger partial charge is 0.246 e. The molecule has 0 atom stereocenters. The lowest BCUT2D eigenvalue weighted by molar-refractivity contribution is -0.116. The van der Waals surface area contributed by atoms with Crippen LogP contribution in [0.25, 0.3) is 0 Å². The van der Waals surface area contributed by atoms with Crippen molar-refractivity contribution in [3.05, 3.63) is 83.9 Å². The second kappa shape index (κ2) is 10.6. The Morgan fingerprint density at radius 2 is 1.94 bits per heavy atom. The fourth-order valence-electron chi connectivity index (χ4n) is 3.22. The van der Waals surface area contributed by atoms with Crippen molar-refractivity contribution in [2.75, 3.05) is 18.9 Å². The summed E-state index contributed by atoms with van der Waals surface area (Å²) < 4.78 is 15.2. The van der Waals surface area contributed by atoms with Gasteiger partial charge in [-0.2, -0.15) is 5.10 Å². The van der Waals surface area contributed by atoms with Crippen molar-refractivity contribution >= 4 is 17.6 Å². The van der Waals surface area contributed by atoms with Crippen molar-refractivity contribution in [1.82, 2.24) is 20.4 Å². The van der Waals surface area contributed by atoms with Crippen LogP contribution < -0.4 is 16.0 Å². The van der Waals surface area contributed by atoms with Crippen LogP contribution in [-0.2, 0) is 23.3 Å². The number of nitrogens with zero attached hydrogens (tertiary/aromatic N) is 3. The Balaban J connectivity index is 1.52. The van der Waals surface area contributed by atoms with Crippen LogP contribution in [-0.4, -0.2) is 35.2 Å².